The zero-order chi connectivity index (χ0) is 12.3. The Hall–Kier alpha value is -1.40. The fourth-order valence-electron chi connectivity index (χ4n) is 1.92. The van der Waals surface area contributed by atoms with Crippen molar-refractivity contribution in [3.63, 3.8) is 0 Å². The van der Waals surface area contributed by atoms with Crippen LogP contribution in [-0.4, -0.2) is 34.8 Å². The van der Waals surface area contributed by atoms with Crippen molar-refractivity contribution in [2.45, 2.75) is 25.6 Å². The van der Waals surface area contributed by atoms with Gasteiger partial charge in [-0.3, -0.25) is 0 Å². The lowest BCUT2D eigenvalue weighted by molar-refractivity contribution is 0.0486. The smallest absolute Gasteiger partial charge is 0.158 e. The highest BCUT2D eigenvalue weighted by atomic mass is 16.5. The molecule has 17 heavy (non-hydrogen) atoms. The van der Waals surface area contributed by atoms with E-state index in [1.54, 1.807) is 13.2 Å². The van der Waals surface area contributed by atoms with Gasteiger partial charge >= 0.3 is 0 Å². The van der Waals surface area contributed by atoms with Gasteiger partial charge in [-0.1, -0.05) is 0 Å². The van der Waals surface area contributed by atoms with Crippen molar-refractivity contribution in [2.24, 2.45) is 5.92 Å². The molecule has 1 aromatic rings. The highest BCUT2D eigenvalue weighted by molar-refractivity contribution is 5.44. The third-order valence-corrected chi connectivity index (χ3v) is 2.85. The summed E-state index contributed by atoms with van der Waals surface area (Å²) < 4.78 is 4.97. The number of hydrogen-bond acceptors (Lipinski definition) is 6. The molecule has 0 radical (unpaired) electrons. The fourth-order valence-corrected chi connectivity index (χ4v) is 1.92. The molecule has 0 spiro atoms. The molecule has 0 aromatic carbocycles. The number of nitrogen functional groups attached to an aromatic ring is 1. The van der Waals surface area contributed by atoms with Crippen LogP contribution in [0.1, 0.15) is 18.7 Å². The first kappa shape index (κ1) is 12.1. The van der Waals surface area contributed by atoms with Gasteiger partial charge in [0.15, 0.2) is 5.82 Å². The number of aliphatic hydroxyl groups excluding tert-OH is 1. The largest absolute Gasteiger partial charge is 0.393 e. The molecule has 2 rings (SSSR count). The van der Waals surface area contributed by atoms with Gasteiger partial charge in [0, 0.05) is 19.7 Å². The summed E-state index contributed by atoms with van der Waals surface area (Å²) in [5.41, 5.74) is 5.68. The number of aromatic nitrogens is 2. The highest BCUT2D eigenvalue weighted by Crippen LogP contribution is 2.27. The molecule has 0 bridgehead atoms. The van der Waals surface area contributed by atoms with Gasteiger partial charge in [0.2, 0.25) is 0 Å². The van der Waals surface area contributed by atoms with Crippen LogP contribution in [0, 0.1) is 5.92 Å². The van der Waals surface area contributed by atoms with E-state index in [4.69, 9.17) is 10.5 Å². The Labute approximate surface area is 100 Å². The zero-order valence-corrected chi connectivity index (χ0v) is 9.89. The van der Waals surface area contributed by atoms with Crippen LogP contribution in [0.25, 0.3) is 0 Å². The zero-order valence-electron chi connectivity index (χ0n) is 9.89. The number of hydrogen-bond donors (Lipinski definition) is 3. The molecule has 0 atom stereocenters. The highest BCUT2D eigenvalue weighted by Gasteiger charge is 2.26. The van der Waals surface area contributed by atoms with Crippen LogP contribution in [0.3, 0.4) is 0 Å². The molecule has 6 nitrogen and oxygen atoms in total. The number of rotatable bonds is 5. The summed E-state index contributed by atoms with van der Waals surface area (Å²) in [4.78, 5) is 8.34. The Morgan fingerprint density at radius 2 is 2.29 bits per heavy atom. The third kappa shape index (κ3) is 3.28. The molecule has 1 heterocycles. The van der Waals surface area contributed by atoms with E-state index in [1.807, 2.05) is 0 Å². The number of nitrogens with one attached hydrogen (secondary N) is 1. The van der Waals surface area contributed by atoms with Crippen LogP contribution >= 0.6 is 0 Å². The van der Waals surface area contributed by atoms with Gasteiger partial charge in [-0.2, -0.15) is 0 Å². The van der Waals surface area contributed by atoms with E-state index in [-0.39, 0.29) is 6.10 Å². The monoisotopic (exact) mass is 238 g/mol. The van der Waals surface area contributed by atoms with Crippen molar-refractivity contribution >= 4 is 11.6 Å². The fraction of sp³-hybridized carbons (Fsp3) is 0.636. The first-order chi connectivity index (χ1) is 8.17. The summed E-state index contributed by atoms with van der Waals surface area (Å²) in [7, 11) is 1.59. The Morgan fingerprint density at radius 3 is 2.94 bits per heavy atom. The number of nitrogens with two attached hydrogens (primary N) is 1. The normalized spacial score (nSPS) is 23.2. The molecular formula is C11H18N4O2. The van der Waals surface area contributed by atoms with Crippen molar-refractivity contribution in [1.29, 1.82) is 0 Å². The van der Waals surface area contributed by atoms with Crippen LogP contribution < -0.4 is 11.1 Å². The van der Waals surface area contributed by atoms with Crippen LogP contribution in [0.2, 0.25) is 0 Å². The van der Waals surface area contributed by atoms with E-state index in [0.717, 1.165) is 19.4 Å². The van der Waals surface area contributed by atoms with Crippen LogP contribution in [0.15, 0.2) is 6.07 Å². The first-order valence-corrected chi connectivity index (χ1v) is 5.71. The average Bonchev–Trinajstić information content (AvgIpc) is 2.22. The summed E-state index contributed by atoms with van der Waals surface area (Å²) in [6, 6.07) is 1.70. The van der Waals surface area contributed by atoms with Gasteiger partial charge in [-0.25, -0.2) is 9.97 Å². The maximum absolute atomic E-state index is 9.18. The van der Waals surface area contributed by atoms with Gasteiger partial charge < -0.3 is 20.9 Å². The second-order valence-electron chi connectivity index (χ2n) is 4.40. The maximum Gasteiger partial charge on any atom is 0.158 e. The number of methoxy groups -OCH3 is 1. The SMILES string of the molecule is COCc1nc(N)cc(NCC2CC(O)C2)n1. The summed E-state index contributed by atoms with van der Waals surface area (Å²) >= 11 is 0. The Balaban J connectivity index is 1.90. The van der Waals surface area contributed by atoms with Crippen LogP contribution in [0.5, 0.6) is 0 Å². The van der Waals surface area contributed by atoms with E-state index in [0.29, 0.717) is 30.0 Å². The summed E-state index contributed by atoms with van der Waals surface area (Å²) in [6.07, 6.45) is 1.60. The minimum Gasteiger partial charge on any atom is -0.393 e. The number of nitrogens with zero attached hydrogens (tertiary/aromatic N) is 2. The molecule has 0 saturated heterocycles. The van der Waals surface area contributed by atoms with E-state index in [2.05, 4.69) is 15.3 Å². The van der Waals surface area contributed by atoms with Crippen LogP contribution in [0.4, 0.5) is 11.6 Å². The summed E-state index contributed by atoms with van der Waals surface area (Å²) in [6.45, 7) is 1.15. The predicted octanol–water partition coefficient (Wildman–Crippen LogP) is 0.388. The van der Waals surface area contributed by atoms with E-state index in [1.165, 1.54) is 0 Å². The molecule has 1 saturated carbocycles. The second kappa shape index (κ2) is 5.29. The lowest BCUT2D eigenvalue weighted by Gasteiger charge is -2.31. The summed E-state index contributed by atoms with van der Waals surface area (Å²) in [5.74, 6) is 2.24. The molecule has 6 heteroatoms. The lowest BCUT2D eigenvalue weighted by Crippen LogP contribution is -2.33. The van der Waals surface area contributed by atoms with E-state index >= 15 is 0 Å². The molecular weight excluding hydrogens is 220 g/mol. The van der Waals surface area contributed by atoms with Gasteiger partial charge in [-0.05, 0) is 18.8 Å². The molecule has 0 amide bonds. The van der Waals surface area contributed by atoms with Gasteiger partial charge in [0.25, 0.3) is 0 Å². The standard InChI is InChI=1S/C11H18N4O2/c1-17-6-11-14-9(12)4-10(15-11)13-5-7-2-8(16)3-7/h4,7-8,16H,2-3,5-6H2,1H3,(H3,12,13,14,15). The number of aliphatic hydroxyl groups is 1. The Bertz CT molecular complexity index is 380. The molecule has 1 fully saturated rings. The van der Waals surface area contributed by atoms with Crippen molar-refractivity contribution < 1.29 is 9.84 Å². The molecule has 0 aliphatic heterocycles. The van der Waals surface area contributed by atoms with E-state index in [9.17, 15) is 5.11 Å². The van der Waals surface area contributed by atoms with Crippen molar-refractivity contribution in [1.82, 2.24) is 9.97 Å². The van der Waals surface area contributed by atoms with Gasteiger partial charge in [0.05, 0.1) is 6.10 Å². The minimum absolute atomic E-state index is 0.124. The van der Waals surface area contributed by atoms with Crippen molar-refractivity contribution in [3.8, 4) is 0 Å². The average molecular weight is 238 g/mol. The number of ether oxygens (including phenoxy) is 1. The molecule has 4 N–H and O–H groups in total. The van der Waals surface area contributed by atoms with Crippen molar-refractivity contribution in [3.05, 3.63) is 11.9 Å². The first-order valence-electron chi connectivity index (χ1n) is 5.71. The maximum atomic E-state index is 9.18. The number of anilines is 2. The molecule has 0 unspecified atom stereocenters. The van der Waals surface area contributed by atoms with Crippen molar-refractivity contribution in [2.75, 3.05) is 24.7 Å². The topological polar surface area (TPSA) is 93.3 Å². The molecule has 1 aliphatic carbocycles. The molecule has 94 valence electrons. The Kier molecular flexibility index (Phi) is 3.75. The summed E-state index contributed by atoms with van der Waals surface area (Å²) in [5, 5.41) is 12.4. The van der Waals surface area contributed by atoms with E-state index < -0.39 is 0 Å². The Morgan fingerprint density at radius 1 is 1.53 bits per heavy atom. The van der Waals surface area contributed by atoms with Gasteiger partial charge in [0.1, 0.15) is 18.2 Å². The lowest BCUT2D eigenvalue weighted by atomic mass is 9.82. The predicted molar refractivity (Wildman–Crippen MR) is 64.4 cm³/mol. The molecule has 1 aliphatic rings. The second-order valence-corrected chi connectivity index (χ2v) is 4.40. The molecule has 1 aromatic heterocycles. The third-order valence-electron chi connectivity index (χ3n) is 2.85. The quantitative estimate of drug-likeness (QED) is 0.687. The minimum atomic E-state index is -0.124. The van der Waals surface area contributed by atoms with Gasteiger partial charge in [-0.15, -0.1) is 0 Å². The van der Waals surface area contributed by atoms with Crippen LogP contribution in [-0.2, 0) is 11.3 Å².